The fourth-order valence-corrected chi connectivity index (χ4v) is 2.70. The first kappa shape index (κ1) is 17.4. The van der Waals surface area contributed by atoms with E-state index in [4.69, 9.17) is 5.26 Å². The van der Waals surface area contributed by atoms with Gasteiger partial charge < -0.3 is 5.32 Å². The smallest absolute Gasteiger partial charge is 0.267 e. The van der Waals surface area contributed by atoms with Crippen LogP contribution in [0.15, 0.2) is 59.7 Å². The average molecular weight is 346 g/mol. The van der Waals surface area contributed by atoms with Crippen LogP contribution in [0.25, 0.3) is 0 Å². The van der Waals surface area contributed by atoms with E-state index in [1.165, 1.54) is 5.01 Å². The third kappa shape index (κ3) is 3.78. The molecule has 0 unspecified atom stereocenters. The Morgan fingerprint density at radius 3 is 2.50 bits per heavy atom. The first-order valence-electron chi connectivity index (χ1n) is 8.35. The molecular formula is C20H18N4O2. The zero-order valence-electron chi connectivity index (χ0n) is 14.3. The zero-order valence-corrected chi connectivity index (χ0v) is 14.3. The number of rotatable bonds is 4. The van der Waals surface area contributed by atoms with Crippen molar-refractivity contribution in [3.05, 3.63) is 65.7 Å². The quantitative estimate of drug-likeness (QED) is 0.923. The summed E-state index contributed by atoms with van der Waals surface area (Å²) in [5.41, 5.74) is 2.43. The predicted molar refractivity (Wildman–Crippen MR) is 98.3 cm³/mol. The number of carbonyl (C=O) groups is 2. The van der Waals surface area contributed by atoms with Crippen molar-refractivity contribution in [2.45, 2.75) is 25.8 Å². The van der Waals surface area contributed by atoms with Gasteiger partial charge in [0, 0.05) is 12.8 Å². The van der Waals surface area contributed by atoms with Crippen LogP contribution in [-0.4, -0.2) is 17.5 Å². The van der Waals surface area contributed by atoms with Crippen molar-refractivity contribution in [2.24, 2.45) is 5.10 Å². The minimum atomic E-state index is -0.296. The maximum Gasteiger partial charge on any atom is 0.267 e. The van der Waals surface area contributed by atoms with Crippen LogP contribution in [0.2, 0.25) is 0 Å². The summed E-state index contributed by atoms with van der Waals surface area (Å²) < 4.78 is 0. The minimum Gasteiger partial charge on any atom is -0.344 e. The Bertz CT molecular complexity index is 882. The van der Waals surface area contributed by atoms with Gasteiger partial charge in [-0.25, -0.2) is 5.01 Å². The van der Waals surface area contributed by atoms with Crippen LogP contribution in [0, 0.1) is 11.3 Å². The van der Waals surface area contributed by atoms with Crippen LogP contribution in [0.3, 0.4) is 0 Å². The molecule has 0 radical (unpaired) electrons. The van der Waals surface area contributed by atoms with E-state index >= 15 is 0 Å². The van der Waals surface area contributed by atoms with Crippen molar-refractivity contribution < 1.29 is 9.59 Å². The highest BCUT2D eigenvalue weighted by molar-refractivity contribution is 6.40. The van der Waals surface area contributed by atoms with E-state index in [-0.39, 0.29) is 24.3 Å². The molecule has 0 bridgehead atoms. The first-order valence-corrected chi connectivity index (χ1v) is 8.35. The molecule has 26 heavy (non-hydrogen) atoms. The van der Waals surface area contributed by atoms with E-state index in [2.05, 4.69) is 16.5 Å². The molecule has 0 saturated heterocycles. The van der Waals surface area contributed by atoms with Crippen LogP contribution >= 0.6 is 0 Å². The monoisotopic (exact) mass is 346 g/mol. The molecule has 0 fully saturated rings. The number of hydrogen-bond donors (Lipinski definition) is 1. The van der Waals surface area contributed by atoms with Gasteiger partial charge in [-0.1, -0.05) is 30.3 Å². The lowest BCUT2D eigenvalue weighted by Gasteiger charge is -2.24. The zero-order chi connectivity index (χ0) is 18.5. The summed E-state index contributed by atoms with van der Waals surface area (Å²) in [6, 6.07) is 17.9. The number of hydrogen-bond acceptors (Lipinski definition) is 4. The minimum absolute atomic E-state index is 0.132. The van der Waals surface area contributed by atoms with Crippen LogP contribution in [0.5, 0.6) is 0 Å². The van der Waals surface area contributed by atoms with Crippen LogP contribution in [0.4, 0.5) is 5.69 Å². The number of nitriles is 1. The van der Waals surface area contributed by atoms with Crippen LogP contribution in [-0.2, 0) is 9.59 Å². The molecule has 1 N–H and O–H groups in total. The van der Waals surface area contributed by atoms with Gasteiger partial charge in [0.2, 0.25) is 5.91 Å². The average Bonchev–Trinajstić information content (AvgIpc) is 2.69. The Hall–Kier alpha value is -3.46. The van der Waals surface area contributed by atoms with Gasteiger partial charge in [0.15, 0.2) is 0 Å². The van der Waals surface area contributed by atoms with Crippen molar-refractivity contribution in [3.63, 3.8) is 0 Å². The molecule has 3 rings (SSSR count). The SMILES string of the molecule is C[C@@H](NC(=O)C1=NN(c2ccccc2)C(=O)CC1)c1ccc(C#N)cc1. The Kier molecular flexibility index (Phi) is 5.09. The number of nitrogens with one attached hydrogen (secondary N) is 1. The number of para-hydroxylation sites is 1. The van der Waals surface area contributed by atoms with Gasteiger partial charge >= 0.3 is 0 Å². The Labute approximate surface area is 151 Å². The van der Waals surface area contributed by atoms with Crippen molar-refractivity contribution in [1.82, 2.24) is 5.32 Å². The molecule has 6 heteroatoms. The summed E-state index contributed by atoms with van der Waals surface area (Å²) in [7, 11) is 0. The molecule has 2 aromatic carbocycles. The maximum absolute atomic E-state index is 12.6. The van der Waals surface area contributed by atoms with Crippen molar-refractivity contribution >= 4 is 23.2 Å². The number of amides is 2. The summed E-state index contributed by atoms with van der Waals surface area (Å²) in [4.78, 5) is 24.7. The van der Waals surface area contributed by atoms with E-state index in [1.807, 2.05) is 37.3 Å². The van der Waals surface area contributed by atoms with Gasteiger partial charge in [0.25, 0.3) is 5.91 Å². The largest absolute Gasteiger partial charge is 0.344 e. The maximum atomic E-state index is 12.6. The van der Waals surface area contributed by atoms with E-state index in [1.54, 1.807) is 24.3 Å². The molecule has 2 aromatic rings. The Balaban J connectivity index is 1.74. The molecule has 0 saturated carbocycles. The summed E-state index contributed by atoms with van der Waals surface area (Å²) in [5, 5.41) is 17.3. The second-order valence-electron chi connectivity index (χ2n) is 6.02. The first-order chi connectivity index (χ1) is 12.6. The molecule has 1 aliphatic heterocycles. The lowest BCUT2D eigenvalue weighted by Crippen LogP contribution is -2.39. The molecular weight excluding hydrogens is 328 g/mol. The number of carbonyl (C=O) groups excluding carboxylic acids is 2. The molecule has 2 amide bonds. The normalized spacial score (nSPS) is 15.0. The topological polar surface area (TPSA) is 85.6 Å². The molecule has 1 heterocycles. The van der Waals surface area contributed by atoms with E-state index in [0.717, 1.165) is 5.56 Å². The molecule has 1 atom stereocenters. The van der Waals surface area contributed by atoms with E-state index in [9.17, 15) is 9.59 Å². The number of benzene rings is 2. The van der Waals surface area contributed by atoms with E-state index in [0.29, 0.717) is 23.4 Å². The second kappa shape index (κ2) is 7.62. The molecule has 6 nitrogen and oxygen atoms in total. The van der Waals surface area contributed by atoms with Gasteiger partial charge in [0.1, 0.15) is 5.71 Å². The van der Waals surface area contributed by atoms with Gasteiger partial charge in [-0.15, -0.1) is 0 Å². The fraction of sp³-hybridized carbons (Fsp3) is 0.200. The summed E-state index contributed by atoms with van der Waals surface area (Å²) in [5.74, 6) is -0.428. The van der Waals surface area contributed by atoms with Gasteiger partial charge in [0.05, 0.1) is 23.4 Å². The van der Waals surface area contributed by atoms with Crippen LogP contribution < -0.4 is 10.3 Å². The van der Waals surface area contributed by atoms with Gasteiger partial charge in [-0.3, -0.25) is 9.59 Å². The van der Waals surface area contributed by atoms with Crippen molar-refractivity contribution in [3.8, 4) is 6.07 Å². The lowest BCUT2D eigenvalue weighted by molar-refractivity contribution is -0.119. The highest BCUT2D eigenvalue weighted by Crippen LogP contribution is 2.20. The van der Waals surface area contributed by atoms with Crippen LogP contribution in [0.1, 0.15) is 36.9 Å². The lowest BCUT2D eigenvalue weighted by atomic mass is 10.1. The summed E-state index contributed by atoms with van der Waals surface area (Å²) >= 11 is 0. The molecule has 0 aromatic heterocycles. The van der Waals surface area contributed by atoms with E-state index < -0.39 is 0 Å². The van der Waals surface area contributed by atoms with Crippen molar-refractivity contribution in [1.29, 1.82) is 5.26 Å². The predicted octanol–water partition coefficient (Wildman–Crippen LogP) is 2.92. The molecule has 130 valence electrons. The standard InChI is InChI=1S/C20H18N4O2/c1-14(16-9-7-15(13-21)8-10-16)22-20(26)18-11-12-19(25)24(23-18)17-5-3-2-4-6-17/h2-10,14H,11-12H2,1H3,(H,22,26)/t14-/m1/s1. The third-order valence-corrected chi connectivity index (χ3v) is 4.18. The second-order valence-corrected chi connectivity index (χ2v) is 6.02. The van der Waals surface area contributed by atoms with Gasteiger partial charge in [-0.2, -0.15) is 10.4 Å². The molecule has 1 aliphatic rings. The third-order valence-electron chi connectivity index (χ3n) is 4.18. The number of anilines is 1. The Morgan fingerprint density at radius 1 is 1.15 bits per heavy atom. The number of hydrazone groups is 1. The summed E-state index contributed by atoms with van der Waals surface area (Å²) in [6.45, 7) is 1.86. The van der Waals surface area contributed by atoms with Gasteiger partial charge in [-0.05, 0) is 36.8 Å². The molecule has 0 spiro atoms. The summed E-state index contributed by atoms with van der Waals surface area (Å²) in [6.07, 6.45) is 0.556. The number of nitrogens with zero attached hydrogens (tertiary/aromatic N) is 3. The molecule has 0 aliphatic carbocycles. The fourth-order valence-electron chi connectivity index (χ4n) is 2.70. The van der Waals surface area contributed by atoms with Crippen molar-refractivity contribution in [2.75, 3.05) is 5.01 Å². The highest BCUT2D eigenvalue weighted by Gasteiger charge is 2.26. The Morgan fingerprint density at radius 2 is 1.85 bits per heavy atom. The highest BCUT2D eigenvalue weighted by atomic mass is 16.2.